The molecule has 1 aliphatic rings. The monoisotopic (exact) mass is 316 g/mol. The standard InChI is InChI=1S/C15H28N2O5/c1-4-5-8-22-15(20)17-11-12(10-13(17)14(18)19)21-9-6-7-16(2)3/h12-13H,4-11H2,1-3H3,(H,18,19). The summed E-state index contributed by atoms with van der Waals surface area (Å²) in [7, 11) is 3.98. The Labute approximate surface area is 132 Å². The minimum absolute atomic E-state index is 0.234. The quantitative estimate of drug-likeness (QED) is 0.648. The van der Waals surface area contributed by atoms with Gasteiger partial charge in [0.15, 0.2) is 0 Å². The van der Waals surface area contributed by atoms with Gasteiger partial charge in [-0.15, -0.1) is 0 Å². The lowest BCUT2D eigenvalue weighted by atomic mass is 10.2. The van der Waals surface area contributed by atoms with Crippen LogP contribution in [0.25, 0.3) is 0 Å². The number of hydrogen-bond acceptors (Lipinski definition) is 5. The number of unbranched alkanes of at least 4 members (excludes halogenated alkanes) is 1. The minimum atomic E-state index is -1.01. The maximum absolute atomic E-state index is 12.0. The smallest absolute Gasteiger partial charge is 0.410 e. The van der Waals surface area contributed by atoms with Gasteiger partial charge in [0.05, 0.1) is 19.3 Å². The van der Waals surface area contributed by atoms with Crippen molar-refractivity contribution >= 4 is 12.1 Å². The molecule has 1 amide bonds. The van der Waals surface area contributed by atoms with Gasteiger partial charge in [-0.1, -0.05) is 13.3 Å². The van der Waals surface area contributed by atoms with E-state index in [-0.39, 0.29) is 12.6 Å². The molecule has 7 heteroatoms. The van der Waals surface area contributed by atoms with Crippen molar-refractivity contribution in [3.63, 3.8) is 0 Å². The molecule has 0 aromatic rings. The summed E-state index contributed by atoms with van der Waals surface area (Å²) in [6.45, 7) is 4.09. The second-order valence-corrected chi connectivity index (χ2v) is 5.86. The van der Waals surface area contributed by atoms with E-state index in [1.165, 1.54) is 4.90 Å². The van der Waals surface area contributed by atoms with Gasteiger partial charge < -0.3 is 19.5 Å². The van der Waals surface area contributed by atoms with Crippen LogP contribution in [0.5, 0.6) is 0 Å². The van der Waals surface area contributed by atoms with Gasteiger partial charge in [0.1, 0.15) is 6.04 Å². The zero-order valence-corrected chi connectivity index (χ0v) is 13.8. The van der Waals surface area contributed by atoms with Gasteiger partial charge in [-0.2, -0.15) is 0 Å². The van der Waals surface area contributed by atoms with Crippen LogP contribution in [0.4, 0.5) is 4.79 Å². The maximum Gasteiger partial charge on any atom is 0.410 e. The van der Waals surface area contributed by atoms with Gasteiger partial charge in [0.25, 0.3) is 0 Å². The van der Waals surface area contributed by atoms with E-state index in [9.17, 15) is 14.7 Å². The molecule has 0 aromatic carbocycles. The molecule has 1 aliphatic heterocycles. The highest BCUT2D eigenvalue weighted by molar-refractivity contribution is 5.80. The predicted molar refractivity (Wildman–Crippen MR) is 81.9 cm³/mol. The Morgan fingerprint density at radius 1 is 1.27 bits per heavy atom. The molecule has 1 heterocycles. The first-order valence-corrected chi connectivity index (χ1v) is 7.88. The third kappa shape index (κ3) is 6.19. The topological polar surface area (TPSA) is 79.3 Å². The highest BCUT2D eigenvalue weighted by atomic mass is 16.6. The molecule has 7 nitrogen and oxygen atoms in total. The lowest BCUT2D eigenvalue weighted by Gasteiger charge is -2.20. The molecule has 0 aromatic heterocycles. The largest absolute Gasteiger partial charge is 0.480 e. The number of carboxylic acids is 1. The van der Waals surface area contributed by atoms with Crippen molar-refractivity contribution in [3.05, 3.63) is 0 Å². The molecule has 1 fully saturated rings. The van der Waals surface area contributed by atoms with Gasteiger partial charge >= 0.3 is 12.1 Å². The van der Waals surface area contributed by atoms with Crippen LogP contribution >= 0.6 is 0 Å². The van der Waals surface area contributed by atoms with Gasteiger partial charge in [0, 0.05) is 13.0 Å². The zero-order chi connectivity index (χ0) is 16.5. The van der Waals surface area contributed by atoms with E-state index in [0.717, 1.165) is 25.8 Å². The molecule has 2 unspecified atom stereocenters. The number of ether oxygens (including phenoxy) is 2. The molecular formula is C15H28N2O5. The summed E-state index contributed by atoms with van der Waals surface area (Å²) in [6.07, 6.45) is 2.11. The molecule has 0 aliphatic carbocycles. The van der Waals surface area contributed by atoms with Crippen molar-refractivity contribution in [2.45, 2.75) is 44.8 Å². The molecular weight excluding hydrogens is 288 g/mol. The van der Waals surface area contributed by atoms with Crippen LogP contribution in [0.1, 0.15) is 32.6 Å². The van der Waals surface area contributed by atoms with E-state index in [0.29, 0.717) is 19.6 Å². The summed E-state index contributed by atoms with van der Waals surface area (Å²) >= 11 is 0. The molecule has 0 bridgehead atoms. The SMILES string of the molecule is CCCCOC(=O)N1CC(OCCCN(C)C)CC1C(=O)O. The minimum Gasteiger partial charge on any atom is -0.480 e. The normalized spacial score (nSPS) is 21.4. The Hall–Kier alpha value is -1.34. The Morgan fingerprint density at radius 2 is 2.00 bits per heavy atom. The predicted octanol–water partition coefficient (Wildman–Crippen LogP) is 1.42. The summed E-state index contributed by atoms with van der Waals surface area (Å²) in [5, 5.41) is 9.25. The van der Waals surface area contributed by atoms with E-state index in [2.05, 4.69) is 4.90 Å². The Morgan fingerprint density at radius 3 is 2.59 bits per heavy atom. The molecule has 2 atom stereocenters. The molecule has 128 valence electrons. The second kappa shape index (κ2) is 9.63. The Bertz CT molecular complexity index is 362. The maximum atomic E-state index is 12.0. The number of aliphatic carboxylic acids is 1. The van der Waals surface area contributed by atoms with Crippen LogP contribution in [0.15, 0.2) is 0 Å². The average molecular weight is 316 g/mol. The van der Waals surface area contributed by atoms with E-state index in [1.54, 1.807) is 0 Å². The van der Waals surface area contributed by atoms with E-state index in [1.807, 2.05) is 21.0 Å². The fourth-order valence-corrected chi connectivity index (χ4v) is 2.37. The molecule has 0 saturated carbocycles. The third-order valence-corrected chi connectivity index (χ3v) is 3.61. The Balaban J connectivity index is 2.43. The van der Waals surface area contributed by atoms with Crippen LogP contribution in [0.2, 0.25) is 0 Å². The van der Waals surface area contributed by atoms with Gasteiger partial charge in [-0.05, 0) is 33.5 Å². The first-order valence-electron chi connectivity index (χ1n) is 7.88. The second-order valence-electron chi connectivity index (χ2n) is 5.86. The van der Waals surface area contributed by atoms with Crippen molar-refractivity contribution in [1.29, 1.82) is 0 Å². The molecule has 1 rings (SSSR count). The van der Waals surface area contributed by atoms with Crippen molar-refractivity contribution in [1.82, 2.24) is 9.80 Å². The van der Waals surface area contributed by atoms with Crippen LogP contribution < -0.4 is 0 Å². The number of hydrogen-bond donors (Lipinski definition) is 1. The van der Waals surface area contributed by atoms with E-state index in [4.69, 9.17) is 9.47 Å². The number of carbonyl (C=O) groups excluding carboxylic acids is 1. The van der Waals surface area contributed by atoms with E-state index >= 15 is 0 Å². The summed E-state index contributed by atoms with van der Waals surface area (Å²) in [5.41, 5.74) is 0. The third-order valence-electron chi connectivity index (χ3n) is 3.61. The summed E-state index contributed by atoms with van der Waals surface area (Å²) in [6, 6.07) is -0.854. The van der Waals surface area contributed by atoms with Gasteiger partial charge in [0.2, 0.25) is 0 Å². The summed E-state index contributed by atoms with van der Waals surface area (Å²) in [4.78, 5) is 26.6. The Kier molecular flexibility index (Phi) is 8.19. The summed E-state index contributed by atoms with van der Waals surface area (Å²) in [5.74, 6) is -1.01. The number of carboxylic acid groups (broad SMARTS) is 1. The van der Waals surface area contributed by atoms with Gasteiger partial charge in [-0.3, -0.25) is 4.90 Å². The first-order chi connectivity index (χ1) is 10.5. The molecule has 0 radical (unpaired) electrons. The number of nitrogens with zero attached hydrogens (tertiary/aromatic N) is 2. The number of likely N-dealkylation sites (tertiary alicyclic amines) is 1. The van der Waals surface area contributed by atoms with Crippen molar-refractivity contribution < 1.29 is 24.2 Å². The van der Waals surface area contributed by atoms with Crippen LogP contribution in [-0.2, 0) is 14.3 Å². The van der Waals surface area contributed by atoms with Gasteiger partial charge in [-0.25, -0.2) is 9.59 Å². The molecule has 22 heavy (non-hydrogen) atoms. The fraction of sp³-hybridized carbons (Fsp3) is 0.867. The molecule has 1 N–H and O–H groups in total. The number of rotatable bonds is 9. The lowest BCUT2D eigenvalue weighted by molar-refractivity contribution is -0.141. The van der Waals surface area contributed by atoms with Crippen molar-refractivity contribution in [2.75, 3.05) is 40.4 Å². The van der Waals surface area contributed by atoms with E-state index < -0.39 is 18.1 Å². The number of carbonyl (C=O) groups is 2. The zero-order valence-electron chi connectivity index (χ0n) is 13.8. The van der Waals surface area contributed by atoms with Crippen LogP contribution in [0.3, 0.4) is 0 Å². The van der Waals surface area contributed by atoms with Crippen molar-refractivity contribution in [2.24, 2.45) is 0 Å². The first kappa shape index (κ1) is 18.7. The summed E-state index contributed by atoms with van der Waals surface area (Å²) < 4.78 is 10.8. The van der Waals surface area contributed by atoms with Crippen LogP contribution in [0, 0.1) is 0 Å². The van der Waals surface area contributed by atoms with Crippen molar-refractivity contribution in [3.8, 4) is 0 Å². The highest BCUT2D eigenvalue weighted by Crippen LogP contribution is 2.22. The lowest BCUT2D eigenvalue weighted by Crippen LogP contribution is -2.41. The molecule has 1 saturated heterocycles. The van der Waals surface area contributed by atoms with Crippen LogP contribution in [-0.4, -0.2) is 79.5 Å². The molecule has 0 spiro atoms. The average Bonchev–Trinajstić information content (AvgIpc) is 2.88. The fourth-order valence-electron chi connectivity index (χ4n) is 2.37. The number of amides is 1. The highest BCUT2D eigenvalue weighted by Gasteiger charge is 2.41.